The van der Waals surface area contributed by atoms with Gasteiger partial charge in [0.25, 0.3) is 0 Å². The Bertz CT molecular complexity index is 1160. The van der Waals surface area contributed by atoms with Crippen LogP contribution < -0.4 is 0 Å². The van der Waals surface area contributed by atoms with Crippen molar-refractivity contribution in [1.29, 1.82) is 0 Å². The summed E-state index contributed by atoms with van der Waals surface area (Å²) in [7, 11) is 4.46. The largest absolute Gasteiger partial charge is 0.459 e. The first kappa shape index (κ1) is 40.0. The second-order valence-corrected chi connectivity index (χ2v) is 14.1. The number of aliphatic hydroxyl groups is 3. The number of rotatable bonds is 8. The van der Waals surface area contributed by atoms with Gasteiger partial charge in [-0.2, -0.15) is 0 Å². The summed E-state index contributed by atoms with van der Waals surface area (Å²) in [6.45, 7) is 10.4. The summed E-state index contributed by atoms with van der Waals surface area (Å²) in [4.78, 5) is 26.5. The van der Waals surface area contributed by atoms with Crippen LogP contribution in [0, 0.1) is 17.8 Å². The van der Waals surface area contributed by atoms with Crippen molar-refractivity contribution in [2.24, 2.45) is 17.8 Å². The fourth-order valence-corrected chi connectivity index (χ4v) is 7.12. The van der Waals surface area contributed by atoms with Gasteiger partial charge in [-0.1, -0.05) is 19.9 Å². The number of hydrogen-bond donors (Lipinski definition) is 3. The van der Waals surface area contributed by atoms with E-state index < -0.39 is 109 Å². The predicted octanol–water partition coefficient (Wildman–Crippen LogP) is 1.46. The molecule has 0 amide bonds. The minimum absolute atomic E-state index is 0.0234. The maximum absolute atomic E-state index is 13.3. The molecule has 14 nitrogen and oxygen atoms in total. The predicted molar refractivity (Wildman–Crippen MR) is 173 cm³/mol. The number of carbonyl (C=O) groups excluding carboxylic acids is 2. The summed E-state index contributed by atoms with van der Waals surface area (Å²) in [5.74, 6) is -2.45. The number of cyclic esters (lactones) is 1. The van der Waals surface area contributed by atoms with E-state index in [1.165, 1.54) is 40.4 Å². The van der Waals surface area contributed by atoms with Crippen molar-refractivity contribution in [3.05, 3.63) is 24.3 Å². The molecule has 49 heavy (non-hydrogen) atoms. The SMILES string of the molecule is COC1CC(C)OC(OC2C(C)C=CC(=O)OC(C)C(COC3OC(C)C(O)C(OC)C3OC)C3OC3C=CC(=O)C(C)(O)CC2C)C1O. The third-order valence-electron chi connectivity index (χ3n) is 10.1. The van der Waals surface area contributed by atoms with Crippen LogP contribution in [0.2, 0.25) is 0 Å². The quantitative estimate of drug-likeness (QED) is 0.245. The lowest BCUT2D eigenvalue weighted by molar-refractivity contribution is -0.305. The van der Waals surface area contributed by atoms with Crippen LogP contribution in [0.25, 0.3) is 0 Å². The van der Waals surface area contributed by atoms with E-state index in [1.54, 1.807) is 26.0 Å². The molecular formula is C35H56O14. The van der Waals surface area contributed by atoms with Gasteiger partial charge in [0, 0.05) is 45.7 Å². The van der Waals surface area contributed by atoms with Crippen LogP contribution in [0.4, 0.5) is 0 Å². The molecule has 0 spiro atoms. The Kier molecular flexibility index (Phi) is 14.0. The van der Waals surface area contributed by atoms with E-state index in [-0.39, 0.29) is 19.1 Å². The first-order chi connectivity index (χ1) is 23.1. The van der Waals surface area contributed by atoms with E-state index in [1.807, 2.05) is 20.8 Å². The Hall–Kier alpha value is -1.82. The van der Waals surface area contributed by atoms with E-state index in [2.05, 4.69) is 0 Å². The second-order valence-electron chi connectivity index (χ2n) is 14.1. The zero-order valence-electron chi connectivity index (χ0n) is 30.0. The van der Waals surface area contributed by atoms with Gasteiger partial charge in [0.05, 0.1) is 37.1 Å². The smallest absolute Gasteiger partial charge is 0.330 e. The molecule has 3 N–H and O–H groups in total. The molecule has 0 aliphatic carbocycles. The third-order valence-corrected chi connectivity index (χ3v) is 10.1. The Morgan fingerprint density at radius 3 is 2.18 bits per heavy atom. The molecule has 17 atom stereocenters. The Morgan fingerprint density at radius 1 is 0.837 bits per heavy atom. The van der Waals surface area contributed by atoms with Gasteiger partial charge in [0.2, 0.25) is 0 Å². The van der Waals surface area contributed by atoms with Gasteiger partial charge in [-0.3, -0.25) is 4.79 Å². The molecular weight excluding hydrogens is 644 g/mol. The fraction of sp³-hybridized carbons (Fsp3) is 0.829. The van der Waals surface area contributed by atoms with Crippen molar-refractivity contribution in [2.75, 3.05) is 27.9 Å². The van der Waals surface area contributed by atoms with Crippen LogP contribution in [0.15, 0.2) is 24.3 Å². The molecule has 14 heteroatoms. The van der Waals surface area contributed by atoms with Crippen LogP contribution >= 0.6 is 0 Å². The van der Waals surface area contributed by atoms with Gasteiger partial charge >= 0.3 is 5.97 Å². The van der Waals surface area contributed by atoms with Crippen LogP contribution in [0.1, 0.15) is 54.4 Å². The normalized spacial score (nSPS) is 47.0. The first-order valence-corrected chi connectivity index (χ1v) is 17.1. The highest BCUT2D eigenvalue weighted by Crippen LogP contribution is 2.37. The summed E-state index contributed by atoms with van der Waals surface area (Å²) >= 11 is 0. The minimum Gasteiger partial charge on any atom is -0.459 e. The number of esters is 1. The average Bonchev–Trinajstić information content (AvgIpc) is 3.82. The van der Waals surface area contributed by atoms with Crippen molar-refractivity contribution < 1.29 is 67.5 Å². The van der Waals surface area contributed by atoms with Crippen molar-refractivity contribution in [1.82, 2.24) is 0 Å². The fourth-order valence-electron chi connectivity index (χ4n) is 7.12. The number of methoxy groups -OCH3 is 3. The molecule has 0 aromatic carbocycles. The summed E-state index contributed by atoms with van der Waals surface area (Å²) in [5, 5.41) is 32.8. The number of epoxide rings is 1. The Morgan fingerprint density at radius 2 is 1.53 bits per heavy atom. The van der Waals surface area contributed by atoms with Gasteiger partial charge in [-0.05, 0) is 52.2 Å². The first-order valence-electron chi connectivity index (χ1n) is 17.1. The third kappa shape index (κ3) is 9.74. The molecule has 0 saturated carbocycles. The summed E-state index contributed by atoms with van der Waals surface area (Å²) in [6.07, 6.45) is -2.67. The Balaban J connectivity index is 1.56. The van der Waals surface area contributed by atoms with Gasteiger partial charge in [-0.15, -0.1) is 0 Å². The van der Waals surface area contributed by atoms with Crippen molar-refractivity contribution in [3.63, 3.8) is 0 Å². The van der Waals surface area contributed by atoms with E-state index in [4.69, 9.17) is 42.6 Å². The highest BCUT2D eigenvalue weighted by molar-refractivity contribution is 5.96. The molecule has 0 radical (unpaired) electrons. The van der Waals surface area contributed by atoms with Crippen LogP contribution in [-0.2, 0) is 52.2 Å². The zero-order chi connectivity index (χ0) is 36.2. The molecule has 4 aliphatic rings. The maximum atomic E-state index is 13.3. The van der Waals surface area contributed by atoms with Crippen molar-refractivity contribution >= 4 is 11.8 Å². The molecule has 3 saturated heterocycles. The molecule has 0 aromatic heterocycles. The van der Waals surface area contributed by atoms with Gasteiger partial charge in [0.1, 0.15) is 42.2 Å². The Labute approximate surface area is 288 Å². The highest BCUT2D eigenvalue weighted by atomic mass is 16.7. The molecule has 4 aliphatic heterocycles. The number of aliphatic hydroxyl groups excluding tert-OH is 2. The van der Waals surface area contributed by atoms with Crippen LogP contribution in [0.5, 0.6) is 0 Å². The number of ether oxygens (including phenoxy) is 9. The van der Waals surface area contributed by atoms with E-state index in [9.17, 15) is 24.9 Å². The van der Waals surface area contributed by atoms with Gasteiger partial charge < -0.3 is 58.0 Å². The maximum Gasteiger partial charge on any atom is 0.330 e. The molecule has 17 unspecified atom stereocenters. The summed E-state index contributed by atoms with van der Waals surface area (Å²) in [5.41, 5.74) is -1.75. The summed E-state index contributed by atoms with van der Waals surface area (Å²) in [6, 6.07) is 0. The second kappa shape index (κ2) is 17.1. The van der Waals surface area contributed by atoms with E-state index >= 15 is 0 Å². The topological polar surface area (TPSA) is 181 Å². The number of hydrogen-bond acceptors (Lipinski definition) is 14. The van der Waals surface area contributed by atoms with Crippen LogP contribution in [0.3, 0.4) is 0 Å². The van der Waals surface area contributed by atoms with Gasteiger partial charge in [0.15, 0.2) is 18.4 Å². The monoisotopic (exact) mass is 700 g/mol. The number of ketones is 1. The van der Waals surface area contributed by atoms with E-state index in [0.29, 0.717) is 6.42 Å². The van der Waals surface area contributed by atoms with Crippen LogP contribution in [-0.4, -0.2) is 140 Å². The molecule has 280 valence electrons. The highest BCUT2D eigenvalue weighted by Gasteiger charge is 2.50. The molecule has 4 rings (SSSR count). The molecule has 4 heterocycles. The lowest BCUT2D eigenvalue weighted by Crippen LogP contribution is -2.59. The number of fused-ring (bicyclic) bond motifs is 1. The molecule has 0 bridgehead atoms. The zero-order valence-corrected chi connectivity index (χ0v) is 30.0. The number of carbonyl (C=O) groups is 2. The standard InChI is InChI=1S/C35H56O14/c1-17-10-13-26(37)46-20(4)22(16-44-34-32(43-9)31(42-8)27(38)21(5)47-34)30-23(48-30)11-12-25(36)35(6,40)15-18(2)29(17)49-33-28(39)24(41-7)14-19(3)45-33/h10-13,17-24,27-34,38-40H,14-16H2,1-9H3. The molecule has 3 fully saturated rings. The summed E-state index contributed by atoms with van der Waals surface area (Å²) < 4.78 is 52.6. The lowest BCUT2D eigenvalue weighted by Gasteiger charge is -2.42. The molecule has 0 aromatic rings. The van der Waals surface area contributed by atoms with Crippen molar-refractivity contribution in [3.8, 4) is 0 Å². The minimum atomic E-state index is -1.75. The van der Waals surface area contributed by atoms with Crippen molar-refractivity contribution in [2.45, 2.75) is 140 Å². The average molecular weight is 701 g/mol. The lowest BCUT2D eigenvalue weighted by atomic mass is 9.82. The van der Waals surface area contributed by atoms with E-state index in [0.717, 1.165) is 0 Å². The van der Waals surface area contributed by atoms with Gasteiger partial charge in [-0.25, -0.2) is 4.79 Å².